The second-order valence-electron chi connectivity index (χ2n) is 5.14. The van der Waals surface area contributed by atoms with Crippen LogP contribution in [0.15, 0.2) is 12.2 Å². The molecule has 112 valence electrons. The van der Waals surface area contributed by atoms with Crippen molar-refractivity contribution in [2.24, 2.45) is 0 Å². The quantitative estimate of drug-likeness (QED) is 0.253. The number of allylic oxidation sites excluding steroid dienone is 2. The molecule has 0 heterocycles. The van der Waals surface area contributed by atoms with Crippen LogP contribution in [0.5, 0.6) is 0 Å². The Morgan fingerprint density at radius 3 is 2.16 bits per heavy atom. The molecule has 0 saturated carbocycles. The molecule has 0 spiro atoms. The van der Waals surface area contributed by atoms with Gasteiger partial charge in [-0.25, -0.2) is 0 Å². The van der Waals surface area contributed by atoms with E-state index in [1.165, 1.54) is 44.9 Å². The van der Waals surface area contributed by atoms with E-state index < -0.39 is 0 Å². The van der Waals surface area contributed by atoms with Gasteiger partial charge in [0.05, 0.1) is 6.61 Å². The van der Waals surface area contributed by atoms with Crippen molar-refractivity contribution < 1.29 is 9.53 Å². The molecule has 0 amide bonds. The minimum absolute atomic E-state index is 0.0271. The first kappa shape index (κ1) is 18.2. The number of hydrogen-bond donors (Lipinski definition) is 0. The maximum absolute atomic E-state index is 11.2. The number of unbranched alkanes of at least 4 members (excludes halogenated alkanes) is 7. The molecule has 0 aromatic heterocycles. The molecule has 0 unspecified atom stereocenters. The van der Waals surface area contributed by atoms with Crippen molar-refractivity contribution in [3.8, 4) is 0 Å². The van der Waals surface area contributed by atoms with Gasteiger partial charge in [0.2, 0.25) is 0 Å². The van der Waals surface area contributed by atoms with Crippen molar-refractivity contribution in [3.63, 3.8) is 0 Å². The summed E-state index contributed by atoms with van der Waals surface area (Å²) in [6.45, 7) is 4.82. The van der Waals surface area contributed by atoms with E-state index in [9.17, 15) is 4.79 Å². The Labute approximate surface area is 119 Å². The molecule has 2 nitrogen and oxygen atoms in total. The van der Waals surface area contributed by atoms with Crippen LogP contribution in [-0.2, 0) is 9.53 Å². The molecule has 2 heteroatoms. The van der Waals surface area contributed by atoms with Gasteiger partial charge in [-0.05, 0) is 32.1 Å². The summed E-state index contributed by atoms with van der Waals surface area (Å²) in [5.41, 5.74) is 0. The Kier molecular flexibility index (Phi) is 14.6. The first-order chi connectivity index (χ1) is 9.31. The summed E-state index contributed by atoms with van der Waals surface area (Å²) in [5.74, 6) is -0.0271. The fourth-order valence-electron chi connectivity index (χ4n) is 1.91. The molecule has 0 fully saturated rings. The number of ether oxygens (including phenoxy) is 1. The minimum Gasteiger partial charge on any atom is -0.466 e. The Morgan fingerprint density at radius 2 is 1.47 bits per heavy atom. The number of carbonyl (C=O) groups is 1. The van der Waals surface area contributed by atoms with Crippen molar-refractivity contribution in [1.82, 2.24) is 0 Å². The smallest absolute Gasteiger partial charge is 0.305 e. The van der Waals surface area contributed by atoms with E-state index in [4.69, 9.17) is 4.74 Å². The highest BCUT2D eigenvalue weighted by Gasteiger charge is 2.00. The van der Waals surface area contributed by atoms with Crippen molar-refractivity contribution in [1.29, 1.82) is 0 Å². The molecule has 0 bridgehead atoms. The second kappa shape index (κ2) is 15.3. The summed E-state index contributed by atoms with van der Waals surface area (Å²) in [6, 6.07) is 0. The van der Waals surface area contributed by atoms with Gasteiger partial charge in [0.15, 0.2) is 0 Å². The number of rotatable bonds is 13. The molecule has 0 saturated heterocycles. The van der Waals surface area contributed by atoms with E-state index in [1.54, 1.807) is 0 Å². The SMILES string of the molecule is CCCC/C=C\CCCCCCCC(=O)OCCC. The van der Waals surface area contributed by atoms with E-state index in [0.29, 0.717) is 13.0 Å². The van der Waals surface area contributed by atoms with Crippen LogP contribution >= 0.6 is 0 Å². The zero-order valence-electron chi connectivity index (χ0n) is 13.0. The fourth-order valence-corrected chi connectivity index (χ4v) is 1.91. The lowest BCUT2D eigenvalue weighted by molar-refractivity contribution is -0.143. The summed E-state index contributed by atoms with van der Waals surface area (Å²) >= 11 is 0. The lowest BCUT2D eigenvalue weighted by Gasteiger charge is -2.02. The van der Waals surface area contributed by atoms with Gasteiger partial charge >= 0.3 is 5.97 Å². The minimum atomic E-state index is -0.0271. The summed E-state index contributed by atoms with van der Waals surface area (Å²) < 4.78 is 5.03. The van der Waals surface area contributed by atoms with Gasteiger partial charge < -0.3 is 4.74 Å². The summed E-state index contributed by atoms with van der Waals surface area (Å²) in [4.78, 5) is 11.2. The maximum Gasteiger partial charge on any atom is 0.305 e. The van der Waals surface area contributed by atoms with Gasteiger partial charge in [0.25, 0.3) is 0 Å². The zero-order chi connectivity index (χ0) is 14.2. The Morgan fingerprint density at radius 1 is 0.842 bits per heavy atom. The van der Waals surface area contributed by atoms with Gasteiger partial charge in [-0.3, -0.25) is 4.79 Å². The number of esters is 1. The van der Waals surface area contributed by atoms with Crippen LogP contribution in [0.4, 0.5) is 0 Å². The normalized spacial score (nSPS) is 11.1. The Balaban J connectivity index is 3.14. The average molecular weight is 268 g/mol. The van der Waals surface area contributed by atoms with Crippen LogP contribution in [0.3, 0.4) is 0 Å². The molecule has 0 rings (SSSR count). The van der Waals surface area contributed by atoms with Gasteiger partial charge in [-0.1, -0.05) is 58.1 Å². The van der Waals surface area contributed by atoms with Crippen LogP contribution in [0.25, 0.3) is 0 Å². The first-order valence-corrected chi connectivity index (χ1v) is 8.11. The van der Waals surface area contributed by atoms with Gasteiger partial charge in [-0.2, -0.15) is 0 Å². The molecule has 0 aromatic rings. The maximum atomic E-state index is 11.2. The molecule has 0 aliphatic carbocycles. The van der Waals surface area contributed by atoms with E-state index in [1.807, 2.05) is 6.92 Å². The van der Waals surface area contributed by atoms with Crippen LogP contribution in [-0.4, -0.2) is 12.6 Å². The largest absolute Gasteiger partial charge is 0.466 e. The predicted octanol–water partition coefficient (Wildman–Crippen LogP) is 5.42. The summed E-state index contributed by atoms with van der Waals surface area (Å²) in [7, 11) is 0. The first-order valence-electron chi connectivity index (χ1n) is 8.11. The number of hydrogen-bond acceptors (Lipinski definition) is 2. The molecule has 0 N–H and O–H groups in total. The molecule has 0 aliphatic heterocycles. The van der Waals surface area contributed by atoms with Crippen molar-refractivity contribution in [2.45, 2.75) is 84.5 Å². The van der Waals surface area contributed by atoms with Crippen molar-refractivity contribution >= 4 is 5.97 Å². The van der Waals surface area contributed by atoms with Crippen LogP contribution in [0, 0.1) is 0 Å². The number of carbonyl (C=O) groups excluding carboxylic acids is 1. The molecule has 19 heavy (non-hydrogen) atoms. The van der Waals surface area contributed by atoms with Gasteiger partial charge in [-0.15, -0.1) is 0 Å². The van der Waals surface area contributed by atoms with Crippen LogP contribution in [0.1, 0.15) is 84.5 Å². The van der Waals surface area contributed by atoms with E-state index >= 15 is 0 Å². The van der Waals surface area contributed by atoms with E-state index in [2.05, 4.69) is 19.1 Å². The van der Waals surface area contributed by atoms with E-state index in [0.717, 1.165) is 19.3 Å². The Hall–Kier alpha value is -0.790. The lowest BCUT2D eigenvalue weighted by atomic mass is 10.1. The van der Waals surface area contributed by atoms with E-state index in [-0.39, 0.29) is 5.97 Å². The van der Waals surface area contributed by atoms with Gasteiger partial charge in [0.1, 0.15) is 0 Å². The molecule has 0 aromatic carbocycles. The highest BCUT2D eigenvalue weighted by molar-refractivity contribution is 5.69. The third-order valence-corrected chi connectivity index (χ3v) is 3.11. The molecule has 0 radical (unpaired) electrons. The molecule has 0 atom stereocenters. The Bertz CT molecular complexity index is 221. The summed E-state index contributed by atoms with van der Waals surface area (Å²) in [6.07, 6.45) is 17.1. The van der Waals surface area contributed by atoms with Crippen molar-refractivity contribution in [3.05, 3.63) is 12.2 Å². The molecular weight excluding hydrogens is 236 g/mol. The lowest BCUT2D eigenvalue weighted by Crippen LogP contribution is -2.04. The topological polar surface area (TPSA) is 26.3 Å². The molecular formula is C17H32O2. The highest BCUT2D eigenvalue weighted by atomic mass is 16.5. The molecule has 0 aliphatic rings. The third kappa shape index (κ3) is 15.2. The average Bonchev–Trinajstić information content (AvgIpc) is 2.42. The standard InChI is InChI=1S/C17H32O2/c1-3-5-6-7-8-9-10-11-12-13-14-15-17(18)19-16-4-2/h7-8H,3-6,9-16H2,1-2H3/b8-7-. The van der Waals surface area contributed by atoms with Crippen molar-refractivity contribution in [2.75, 3.05) is 6.61 Å². The van der Waals surface area contributed by atoms with Gasteiger partial charge in [0, 0.05) is 6.42 Å². The second-order valence-corrected chi connectivity index (χ2v) is 5.14. The van der Waals surface area contributed by atoms with Crippen LogP contribution in [0.2, 0.25) is 0 Å². The zero-order valence-corrected chi connectivity index (χ0v) is 13.0. The van der Waals surface area contributed by atoms with Crippen LogP contribution < -0.4 is 0 Å². The monoisotopic (exact) mass is 268 g/mol. The highest BCUT2D eigenvalue weighted by Crippen LogP contribution is 2.08. The fraction of sp³-hybridized carbons (Fsp3) is 0.824. The third-order valence-electron chi connectivity index (χ3n) is 3.11. The predicted molar refractivity (Wildman–Crippen MR) is 82.2 cm³/mol. The summed E-state index contributed by atoms with van der Waals surface area (Å²) in [5, 5.41) is 0.